The van der Waals surface area contributed by atoms with Gasteiger partial charge in [0.05, 0.1) is 27.2 Å². The van der Waals surface area contributed by atoms with Crippen LogP contribution in [0, 0.1) is 20.8 Å². The van der Waals surface area contributed by atoms with E-state index in [-0.39, 0.29) is 11.4 Å². The summed E-state index contributed by atoms with van der Waals surface area (Å²) in [5.74, 6) is -0.134. The Hall–Kier alpha value is -4.55. The van der Waals surface area contributed by atoms with Gasteiger partial charge in [0.1, 0.15) is 5.01 Å². The summed E-state index contributed by atoms with van der Waals surface area (Å²) in [4.78, 5) is 22.8. The van der Waals surface area contributed by atoms with E-state index in [0.717, 1.165) is 32.9 Å². The monoisotopic (exact) mass is 515 g/mol. The normalized spacial score (nSPS) is 11.7. The highest BCUT2D eigenvalue weighted by Gasteiger charge is 2.17. The molecular weight excluding hydrogens is 490 g/mol. The molecule has 0 saturated carbocycles. The number of hydrogen-bond donors (Lipinski definition) is 1. The van der Waals surface area contributed by atoms with E-state index in [1.165, 1.54) is 14.8 Å². The molecule has 38 heavy (non-hydrogen) atoms. The first kappa shape index (κ1) is 23.8. The van der Waals surface area contributed by atoms with Crippen LogP contribution in [0.5, 0.6) is 5.88 Å². The molecule has 0 atom stereocenters. The van der Waals surface area contributed by atoms with Gasteiger partial charge in [-0.3, -0.25) is 9.79 Å². The average molecular weight is 516 g/mol. The lowest BCUT2D eigenvalue weighted by Gasteiger charge is -2.16. The van der Waals surface area contributed by atoms with Crippen LogP contribution < -0.4 is 5.56 Å². The van der Waals surface area contributed by atoms with Crippen molar-refractivity contribution in [1.29, 1.82) is 0 Å². The van der Waals surface area contributed by atoms with Crippen LogP contribution in [-0.4, -0.2) is 20.9 Å². The van der Waals surface area contributed by atoms with Crippen molar-refractivity contribution in [3.63, 3.8) is 0 Å². The van der Waals surface area contributed by atoms with Crippen LogP contribution in [0.15, 0.2) is 94.7 Å². The fourth-order valence-electron chi connectivity index (χ4n) is 4.75. The Bertz CT molecular complexity index is 1930. The van der Waals surface area contributed by atoms with Gasteiger partial charge in [-0.25, -0.2) is 9.55 Å². The van der Waals surface area contributed by atoms with Crippen molar-refractivity contribution in [3.05, 3.63) is 118 Å². The molecule has 5 nitrogen and oxygen atoms in total. The number of thiazole rings is 1. The van der Waals surface area contributed by atoms with E-state index in [4.69, 9.17) is 4.98 Å². The average Bonchev–Trinajstić information content (AvgIpc) is 3.33. The van der Waals surface area contributed by atoms with Crippen molar-refractivity contribution in [1.82, 2.24) is 9.55 Å². The highest BCUT2D eigenvalue weighted by molar-refractivity contribution is 7.21. The van der Waals surface area contributed by atoms with Crippen molar-refractivity contribution in [2.75, 3.05) is 0 Å². The number of aryl methyl sites for hydroxylation is 3. The lowest BCUT2D eigenvalue weighted by molar-refractivity contribution is 0.436. The molecule has 0 saturated heterocycles. The molecule has 2 aromatic heterocycles. The molecule has 0 aliphatic heterocycles. The largest absolute Gasteiger partial charge is 0.494 e. The smallest absolute Gasteiger partial charge is 0.265 e. The summed E-state index contributed by atoms with van der Waals surface area (Å²) in [5.41, 5.74) is 6.85. The molecule has 0 aliphatic carbocycles. The Morgan fingerprint density at radius 2 is 1.58 bits per heavy atom. The molecule has 0 amide bonds. The van der Waals surface area contributed by atoms with Gasteiger partial charge in [-0.2, -0.15) is 0 Å². The lowest BCUT2D eigenvalue weighted by atomic mass is 10.1. The van der Waals surface area contributed by atoms with E-state index in [1.54, 1.807) is 23.6 Å². The number of aliphatic imine (C=N–C) groups is 1. The number of benzene rings is 4. The fraction of sp³-hybridized carbons (Fsp3) is 0.0938. The van der Waals surface area contributed by atoms with Gasteiger partial charge in [0, 0.05) is 22.6 Å². The summed E-state index contributed by atoms with van der Waals surface area (Å²) in [7, 11) is 0. The van der Waals surface area contributed by atoms with E-state index >= 15 is 0 Å². The van der Waals surface area contributed by atoms with Crippen LogP contribution >= 0.6 is 11.3 Å². The van der Waals surface area contributed by atoms with E-state index < -0.39 is 0 Å². The minimum Gasteiger partial charge on any atom is -0.494 e. The van der Waals surface area contributed by atoms with Gasteiger partial charge in [0.2, 0.25) is 5.88 Å². The number of aromatic hydroxyl groups is 1. The number of hydrogen-bond acceptors (Lipinski definition) is 5. The van der Waals surface area contributed by atoms with Gasteiger partial charge in [-0.05, 0) is 80.4 Å². The molecule has 186 valence electrons. The van der Waals surface area contributed by atoms with Gasteiger partial charge in [0.15, 0.2) is 0 Å². The predicted molar refractivity (Wildman–Crippen MR) is 158 cm³/mol. The zero-order valence-corrected chi connectivity index (χ0v) is 22.1. The van der Waals surface area contributed by atoms with E-state index in [1.807, 2.05) is 74.5 Å². The molecule has 1 N–H and O–H groups in total. The van der Waals surface area contributed by atoms with Crippen LogP contribution in [0.4, 0.5) is 5.69 Å². The Labute approximate surface area is 224 Å². The maximum absolute atomic E-state index is 13.4. The second kappa shape index (κ2) is 9.39. The summed E-state index contributed by atoms with van der Waals surface area (Å²) in [6.07, 6.45) is 1.63. The molecular formula is C32H25N3O2S. The zero-order valence-electron chi connectivity index (χ0n) is 21.3. The van der Waals surface area contributed by atoms with Crippen molar-refractivity contribution in [3.8, 4) is 22.1 Å². The summed E-state index contributed by atoms with van der Waals surface area (Å²) in [5, 5.41) is 13.5. The number of aromatic nitrogens is 2. The minimum absolute atomic E-state index is 0.134. The standard InChI is InChI=1S/C32H25N3O2S/c1-19-9-15-28(21(3)16-19)35-31(36)25-7-5-4-6-24(25)26(32(35)37)18-33-23-12-10-22(11-13-23)30-34-27-14-8-20(2)17-29(27)38-30/h4-18,37H,1-3H3. The third-order valence-corrected chi connectivity index (χ3v) is 7.76. The summed E-state index contributed by atoms with van der Waals surface area (Å²) in [6.45, 7) is 6.02. The molecule has 0 bridgehead atoms. The van der Waals surface area contributed by atoms with Gasteiger partial charge < -0.3 is 5.11 Å². The highest BCUT2D eigenvalue weighted by Crippen LogP contribution is 2.32. The maximum atomic E-state index is 13.4. The zero-order chi connectivity index (χ0) is 26.4. The highest BCUT2D eigenvalue weighted by atomic mass is 32.1. The van der Waals surface area contributed by atoms with Crippen LogP contribution in [0.2, 0.25) is 0 Å². The molecule has 0 spiro atoms. The molecule has 6 rings (SSSR count). The molecule has 0 aliphatic rings. The van der Waals surface area contributed by atoms with Gasteiger partial charge in [-0.1, -0.05) is 42.0 Å². The van der Waals surface area contributed by atoms with Gasteiger partial charge in [0.25, 0.3) is 5.56 Å². The molecule has 6 aromatic rings. The molecule has 2 heterocycles. The molecule has 6 heteroatoms. The lowest BCUT2D eigenvalue weighted by Crippen LogP contribution is -2.21. The third kappa shape index (κ3) is 4.19. The van der Waals surface area contributed by atoms with Crippen LogP contribution in [-0.2, 0) is 0 Å². The summed E-state index contributed by atoms with van der Waals surface area (Å²) < 4.78 is 2.54. The number of pyridine rings is 1. The Kier molecular flexibility index (Phi) is 5.89. The van der Waals surface area contributed by atoms with Gasteiger partial charge in [-0.15, -0.1) is 11.3 Å². The number of rotatable bonds is 4. The third-order valence-electron chi connectivity index (χ3n) is 6.70. The van der Waals surface area contributed by atoms with Crippen LogP contribution in [0.25, 0.3) is 37.2 Å². The second-order valence-electron chi connectivity index (χ2n) is 9.51. The summed E-state index contributed by atoms with van der Waals surface area (Å²) >= 11 is 1.67. The topological polar surface area (TPSA) is 67.5 Å². The molecule has 4 aromatic carbocycles. The number of nitrogens with zero attached hydrogens (tertiary/aromatic N) is 3. The minimum atomic E-state index is -0.266. The van der Waals surface area contributed by atoms with E-state index in [0.29, 0.717) is 22.0 Å². The number of fused-ring (bicyclic) bond motifs is 2. The van der Waals surface area contributed by atoms with Crippen molar-refractivity contribution < 1.29 is 5.11 Å². The van der Waals surface area contributed by atoms with Crippen LogP contribution in [0.1, 0.15) is 22.3 Å². The van der Waals surface area contributed by atoms with E-state index in [2.05, 4.69) is 30.1 Å². The van der Waals surface area contributed by atoms with Crippen LogP contribution in [0.3, 0.4) is 0 Å². The van der Waals surface area contributed by atoms with Crippen molar-refractivity contribution in [2.24, 2.45) is 4.99 Å². The van der Waals surface area contributed by atoms with Crippen molar-refractivity contribution >= 4 is 44.2 Å². The maximum Gasteiger partial charge on any atom is 0.265 e. The quantitative estimate of drug-likeness (QED) is 0.245. The molecule has 0 unspecified atom stereocenters. The predicted octanol–water partition coefficient (Wildman–Crippen LogP) is 7.65. The SMILES string of the molecule is Cc1ccc(-n2c(O)c(C=Nc3ccc(-c4nc5ccc(C)cc5s4)cc3)c3ccccc3c2=O)c(C)c1. The first-order valence-electron chi connectivity index (χ1n) is 12.3. The second-order valence-corrected chi connectivity index (χ2v) is 10.5. The Morgan fingerprint density at radius 3 is 2.34 bits per heavy atom. The first-order valence-corrected chi connectivity index (χ1v) is 13.2. The Balaban J connectivity index is 1.41. The van der Waals surface area contributed by atoms with Crippen molar-refractivity contribution in [2.45, 2.75) is 20.8 Å². The molecule has 0 radical (unpaired) electrons. The Morgan fingerprint density at radius 1 is 0.868 bits per heavy atom. The molecule has 0 fully saturated rings. The van der Waals surface area contributed by atoms with Gasteiger partial charge >= 0.3 is 0 Å². The summed E-state index contributed by atoms with van der Waals surface area (Å²) in [6, 6.07) is 27.3. The fourth-order valence-corrected chi connectivity index (χ4v) is 5.82. The first-order chi connectivity index (χ1) is 18.4. The van der Waals surface area contributed by atoms with E-state index in [9.17, 15) is 9.90 Å².